The van der Waals surface area contributed by atoms with Crippen LogP contribution >= 0.6 is 0 Å². The fraction of sp³-hybridized carbons (Fsp3) is 0. The van der Waals surface area contributed by atoms with E-state index < -0.39 is 0 Å². The molecule has 0 amide bonds. The van der Waals surface area contributed by atoms with Gasteiger partial charge in [-0.05, 0) is 11.0 Å². The first-order valence-corrected chi connectivity index (χ1v) is 0. The van der Waals surface area contributed by atoms with Crippen LogP contribution in [0.5, 0.6) is 0 Å². The molecule has 0 aliphatic heterocycles. The standard InChI is InChI=1S/Ba.Cu.H2O.H4Si.Sr.4H/h;;1H2;1H4;;;;;/q+2;;;;+2;4*-1. The van der Waals surface area contributed by atoms with Gasteiger partial charge in [0.25, 0.3) is 0 Å². The van der Waals surface area contributed by atoms with Crippen LogP contribution in [-0.4, -0.2) is 111 Å². The molecular formula is H10BaCuOSiSr. The predicted molar refractivity (Wildman–Crippen MR) is 30.9 cm³/mol. The average molecular weight is 343 g/mol. The van der Waals surface area contributed by atoms with E-state index in [9.17, 15) is 0 Å². The SMILES string of the molecule is O.[Ba+2].[Cu].[H-].[H-].[H-].[H-].[SiH4].[Sr+2]. The predicted octanol–water partition coefficient (Wildman–Crippen LogP) is -2.59. The first-order valence-electron chi connectivity index (χ1n) is 0. The minimum atomic E-state index is 0. The monoisotopic (exact) mass is 343 g/mol. The second-order valence-electron chi connectivity index (χ2n) is 0. The van der Waals surface area contributed by atoms with E-state index in [0.717, 1.165) is 0 Å². The van der Waals surface area contributed by atoms with Gasteiger partial charge in [-0.3, -0.25) is 0 Å². The molecule has 0 spiro atoms. The van der Waals surface area contributed by atoms with Crippen LogP contribution in [0.3, 0.4) is 0 Å². The third-order valence-electron chi connectivity index (χ3n) is 0. The van der Waals surface area contributed by atoms with E-state index in [1.54, 1.807) is 0 Å². The molecule has 0 unspecified atom stereocenters. The Balaban J connectivity index is 0. The second kappa shape index (κ2) is 25.1. The van der Waals surface area contributed by atoms with Crippen LogP contribution in [0.25, 0.3) is 0 Å². The first-order chi connectivity index (χ1) is 0. The van der Waals surface area contributed by atoms with E-state index in [1.165, 1.54) is 0 Å². The normalized spacial score (nSPS) is 0. The summed E-state index contributed by atoms with van der Waals surface area (Å²) in [6.07, 6.45) is 0. The van der Waals surface area contributed by atoms with Crippen molar-refractivity contribution in [3.05, 3.63) is 0 Å². The molecule has 0 fully saturated rings. The van der Waals surface area contributed by atoms with Crippen molar-refractivity contribution >= 4 is 105 Å². The molecule has 0 aliphatic carbocycles. The van der Waals surface area contributed by atoms with Gasteiger partial charge in [-0.25, -0.2) is 0 Å². The Morgan fingerprint density at radius 1 is 1.20 bits per heavy atom. The smallest absolute Gasteiger partial charge is 1.00 e. The summed E-state index contributed by atoms with van der Waals surface area (Å²) in [7, 11) is 0. The quantitative estimate of drug-likeness (QED) is 0.433. The van der Waals surface area contributed by atoms with Crippen molar-refractivity contribution < 1.29 is 28.3 Å². The van der Waals surface area contributed by atoms with E-state index in [2.05, 4.69) is 0 Å². The summed E-state index contributed by atoms with van der Waals surface area (Å²) < 4.78 is 0. The van der Waals surface area contributed by atoms with Crippen molar-refractivity contribution in [2.45, 2.75) is 0 Å². The first kappa shape index (κ1) is 37.4. The molecule has 5 heteroatoms. The van der Waals surface area contributed by atoms with Gasteiger partial charge in [-0.1, -0.05) is 0 Å². The van der Waals surface area contributed by atoms with Gasteiger partial charge in [0.1, 0.15) is 0 Å². The molecule has 2 N–H and O–H groups in total. The van der Waals surface area contributed by atoms with Crippen molar-refractivity contribution in [1.82, 2.24) is 0 Å². The van der Waals surface area contributed by atoms with Crippen molar-refractivity contribution in [2.75, 3.05) is 0 Å². The van der Waals surface area contributed by atoms with E-state index in [-0.39, 0.29) is 134 Å². The van der Waals surface area contributed by atoms with Crippen molar-refractivity contribution in [2.24, 2.45) is 0 Å². The van der Waals surface area contributed by atoms with E-state index >= 15 is 0 Å². The maximum atomic E-state index is 0. The van der Waals surface area contributed by atoms with Crippen LogP contribution < -0.4 is 0 Å². The van der Waals surface area contributed by atoms with Crippen LogP contribution in [0.1, 0.15) is 5.71 Å². The van der Waals surface area contributed by atoms with Crippen molar-refractivity contribution in [1.29, 1.82) is 0 Å². The van der Waals surface area contributed by atoms with Crippen LogP contribution in [0.15, 0.2) is 0 Å². The average Bonchev–Trinajstić information content (AvgIpc) is 0. The van der Waals surface area contributed by atoms with Crippen LogP contribution in [0.4, 0.5) is 0 Å². The van der Waals surface area contributed by atoms with Gasteiger partial charge in [-0.15, -0.1) is 0 Å². The largest absolute Gasteiger partial charge is 2.00 e. The van der Waals surface area contributed by atoms with Gasteiger partial charge in [0, 0.05) is 17.1 Å². The molecule has 0 atom stereocenters. The molecule has 1 nitrogen and oxygen atoms in total. The van der Waals surface area contributed by atoms with E-state index in [0.29, 0.717) is 0 Å². The molecule has 5 heavy (non-hydrogen) atoms. The van der Waals surface area contributed by atoms with Gasteiger partial charge in [0.05, 0.1) is 0 Å². The Bertz CT molecular complexity index is 20.5. The Kier molecular flexibility index (Phi) is 188. The molecule has 0 saturated carbocycles. The molecule has 0 bridgehead atoms. The van der Waals surface area contributed by atoms with Gasteiger partial charge in [0.2, 0.25) is 0 Å². The molecule has 0 aromatic rings. The zero-order chi connectivity index (χ0) is 0. The molecule has 0 saturated heterocycles. The maximum Gasteiger partial charge on any atom is 2.00 e. The summed E-state index contributed by atoms with van der Waals surface area (Å²) in [6, 6.07) is 0. The molecule has 0 heterocycles. The Hall–Kier alpha value is 3.75. The Labute approximate surface area is 130 Å². The fourth-order valence-electron chi connectivity index (χ4n) is 0. The number of rotatable bonds is 0. The van der Waals surface area contributed by atoms with Gasteiger partial charge in [0.15, 0.2) is 0 Å². The summed E-state index contributed by atoms with van der Waals surface area (Å²) in [6.45, 7) is 0. The van der Waals surface area contributed by atoms with Crippen molar-refractivity contribution in [3.63, 3.8) is 0 Å². The number of hydrogen-bond acceptors (Lipinski definition) is 0. The van der Waals surface area contributed by atoms with E-state index in [1.807, 2.05) is 0 Å². The maximum absolute atomic E-state index is 0. The van der Waals surface area contributed by atoms with E-state index in [4.69, 9.17) is 0 Å². The van der Waals surface area contributed by atoms with Crippen LogP contribution in [-0.2, 0) is 17.1 Å². The fourth-order valence-corrected chi connectivity index (χ4v) is 0. The molecule has 0 aromatic heterocycles. The molecule has 1 radical (unpaired) electrons. The molecule has 0 aliphatic rings. The summed E-state index contributed by atoms with van der Waals surface area (Å²) >= 11 is 0. The minimum absolute atomic E-state index is 0. The topological polar surface area (TPSA) is 31.5 Å². The van der Waals surface area contributed by atoms with Gasteiger partial charge >= 0.3 is 94.4 Å². The molecule has 35 valence electrons. The molecule has 0 aromatic carbocycles. The summed E-state index contributed by atoms with van der Waals surface area (Å²) in [4.78, 5) is 0. The minimum Gasteiger partial charge on any atom is -1.00 e. The van der Waals surface area contributed by atoms with Crippen LogP contribution in [0.2, 0.25) is 0 Å². The summed E-state index contributed by atoms with van der Waals surface area (Å²) in [5.41, 5.74) is 0. The van der Waals surface area contributed by atoms with Crippen LogP contribution in [0, 0.1) is 0 Å². The zero-order valence-corrected chi connectivity index (χ0v) is 11.1. The summed E-state index contributed by atoms with van der Waals surface area (Å²) in [5, 5.41) is 0. The molecular weight excluding hydrogens is 333 g/mol. The third kappa shape index (κ3) is 18.2. The molecule has 0 rings (SSSR count). The zero-order valence-electron chi connectivity index (χ0n) is 6.22. The van der Waals surface area contributed by atoms with Gasteiger partial charge in [-0.2, -0.15) is 0 Å². The number of hydrogen-bond donors (Lipinski definition) is 0. The second-order valence-corrected chi connectivity index (χ2v) is 0. The Morgan fingerprint density at radius 2 is 1.20 bits per heavy atom. The van der Waals surface area contributed by atoms with Crippen molar-refractivity contribution in [3.8, 4) is 0 Å². The third-order valence-corrected chi connectivity index (χ3v) is 0. The Morgan fingerprint density at radius 3 is 1.20 bits per heavy atom. The van der Waals surface area contributed by atoms with Gasteiger partial charge < -0.3 is 11.2 Å². The summed E-state index contributed by atoms with van der Waals surface area (Å²) in [5.74, 6) is 0.